The average Bonchev–Trinajstić information content (AvgIpc) is 2.67. The lowest BCUT2D eigenvalue weighted by molar-refractivity contribution is -0.134. The van der Waals surface area contributed by atoms with Crippen LogP contribution in [0.3, 0.4) is 0 Å². The third kappa shape index (κ3) is 4.64. The molecule has 7 heteroatoms. The van der Waals surface area contributed by atoms with Crippen LogP contribution in [0.15, 0.2) is 59.5 Å². The van der Waals surface area contributed by atoms with Crippen LogP contribution in [0.2, 0.25) is 0 Å². The number of hydrogen-bond donors (Lipinski definition) is 0. The van der Waals surface area contributed by atoms with Gasteiger partial charge in [-0.15, -0.1) is 0 Å². The molecule has 132 valence electrons. The SMILES string of the molecule is O=C(COc1ccccc1)N1CCN(S(=O)c2ccc(F)cc2)CC1. The Balaban J connectivity index is 1.48. The summed E-state index contributed by atoms with van der Waals surface area (Å²) in [7, 11) is -1.34. The summed E-state index contributed by atoms with van der Waals surface area (Å²) in [6.07, 6.45) is 0. The van der Waals surface area contributed by atoms with Gasteiger partial charge in [0.25, 0.3) is 5.91 Å². The fraction of sp³-hybridized carbons (Fsp3) is 0.278. The molecule has 1 fully saturated rings. The van der Waals surface area contributed by atoms with Crippen LogP contribution in [0, 0.1) is 5.82 Å². The van der Waals surface area contributed by atoms with Crippen LogP contribution in [0.4, 0.5) is 4.39 Å². The van der Waals surface area contributed by atoms with Gasteiger partial charge in [-0.05, 0) is 36.4 Å². The number of ether oxygens (including phenoxy) is 1. The van der Waals surface area contributed by atoms with E-state index >= 15 is 0 Å². The van der Waals surface area contributed by atoms with E-state index in [0.717, 1.165) is 0 Å². The summed E-state index contributed by atoms with van der Waals surface area (Å²) in [5, 5.41) is 0. The zero-order valence-electron chi connectivity index (χ0n) is 13.6. The van der Waals surface area contributed by atoms with Crippen molar-refractivity contribution in [3.05, 3.63) is 60.4 Å². The largest absolute Gasteiger partial charge is 0.484 e. The van der Waals surface area contributed by atoms with E-state index in [0.29, 0.717) is 36.8 Å². The summed E-state index contributed by atoms with van der Waals surface area (Å²) in [4.78, 5) is 14.5. The van der Waals surface area contributed by atoms with E-state index in [1.54, 1.807) is 21.3 Å². The minimum absolute atomic E-state index is 0.00886. The van der Waals surface area contributed by atoms with Gasteiger partial charge in [-0.1, -0.05) is 18.2 Å². The molecule has 1 heterocycles. The van der Waals surface area contributed by atoms with Crippen LogP contribution < -0.4 is 4.74 Å². The summed E-state index contributed by atoms with van der Waals surface area (Å²) >= 11 is 0. The molecule has 0 N–H and O–H groups in total. The Morgan fingerprint density at radius 2 is 1.64 bits per heavy atom. The van der Waals surface area contributed by atoms with Gasteiger partial charge in [-0.2, -0.15) is 0 Å². The van der Waals surface area contributed by atoms with Crippen molar-refractivity contribution in [1.29, 1.82) is 0 Å². The number of halogens is 1. The van der Waals surface area contributed by atoms with Gasteiger partial charge in [0.15, 0.2) is 6.61 Å². The van der Waals surface area contributed by atoms with Gasteiger partial charge in [0.05, 0.1) is 4.90 Å². The van der Waals surface area contributed by atoms with Gasteiger partial charge in [0.1, 0.15) is 22.6 Å². The number of carbonyl (C=O) groups excluding carboxylic acids is 1. The molecular formula is C18H19FN2O3S. The molecule has 1 unspecified atom stereocenters. The van der Waals surface area contributed by atoms with E-state index in [2.05, 4.69) is 0 Å². The molecule has 5 nitrogen and oxygen atoms in total. The smallest absolute Gasteiger partial charge is 0.260 e. The zero-order chi connectivity index (χ0) is 17.6. The first kappa shape index (κ1) is 17.6. The molecule has 2 aromatic rings. The molecule has 0 saturated carbocycles. The normalized spacial score (nSPS) is 16.4. The molecule has 1 atom stereocenters. The molecule has 1 aliphatic heterocycles. The summed E-state index contributed by atoms with van der Waals surface area (Å²) in [6.45, 7) is 1.97. The van der Waals surface area contributed by atoms with E-state index < -0.39 is 11.0 Å². The average molecular weight is 362 g/mol. The van der Waals surface area contributed by atoms with Crippen molar-refractivity contribution in [2.24, 2.45) is 0 Å². The summed E-state index contributed by atoms with van der Waals surface area (Å²) < 4.78 is 32.7. The number of piperazine rings is 1. The van der Waals surface area contributed by atoms with Crippen molar-refractivity contribution >= 4 is 16.9 Å². The monoisotopic (exact) mass is 362 g/mol. The molecule has 3 rings (SSSR count). The second kappa shape index (κ2) is 8.22. The molecule has 0 spiro atoms. The predicted molar refractivity (Wildman–Crippen MR) is 92.9 cm³/mol. The molecule has 25 heavy (non-hydrogen) atoms. The Morgan fingerprint density at radius 3 is 2.28 bits per heavy atom. The maximum Gasteiger partial charge on any atom is 0.260 e. The van der Waals surface area contributed by atoms with Crippen LogP contribution in [-0.2, 0) is 15.8 Å². The first-order valence-corrected chi connectivity index (χ1v) is 9.12. The van der Waals surface area contributed by atoms with E-state index in [4.69, 9.17) is 4.74 Å². The van der Waals surface area contributed by atoms with Gasteiger partial charge in [0.2, 0.25) is 0 Å². The van der Waals surface area contributed by atoms with E-state index in [1.807, 2.05) is 18.2 Å². The lowest BCUT2D eigenvalue weighted by atomic mass is 10.3. The van der Waals surface area contributed by atoms with Gasteiger partial charge >= 0.3 is 0 Å². The fourth-order valence-electron chi connectivity index (χ4n) is 2.56. The molecule has 2 aromatic carbocycles. The first-order valence-electron chi connectivity index (χ1n) is 8.01. The quantitative estimate of drug-likeness (QED) is 0.818. The maximum atomic E-state index is 13.0. The molecule has 1 saturated heterocycles. The van der Waals surface area contributed by atoms with Crippen molar-refractivity contribution in [3.63, 3.8) is 0 Å². The number of hydrogen-bond acceptors (Lipinski definition) is 3. The predicted octanol–water partition coefficient (Wildman–Crippen LogP) is 2.07. The van der Waals surface area contributed by atoms with E-state index in [9.17, 15) is 13.4 Å². The molecule has 0 aromatic heterocycles. The number of benzene rings is 2. The number of amides is 1. The van der Waals surface area contributed by atoms with Crippen LogP contribution in [-0.4, -0.2) is 52.1 Å². The second-order valence-corrected chi connectivity index (χ2v) is 7.10. The topological polar surface area (TPSA) is 49.9 Å². The molecule has 0 radical (unpaired) electrons. The van der Waals surface area contributed by atoms with E-state index in [-0.39, 0.29) is 18.3 Å². The van der Waals surface area contributed by atoms with Crippen LogP contribution in [0.1, 0.15) is 0 Å². The highest BCUT2D eigenvalue weighted by Crippen LogP contribution is 2.15. The van der Waals surface area contributed by atoms with Gasteiger partial charge < -0.3 is 9.64 Å². The van der Waals surface area contributed by atoms with Crippen molar-refractivity contribution in [2.75, 3.05) is 32.8 Å². The Labute approximate surface area is 148 Å². The van der Waals surface area contributed by atoms with Crippen molar-refractivity contribution in [1.82, 2.24) is 9.21 Å². The van der Waals surface area contributed by atoms with Gasteiger partial charge in [0, 0.05) is 26.2 Å². The van der Waals surface area contributed by atoms with E-state index in [1.165, 1.54) is 24.3 Å². The van der Waals surface area contributed by atoms with Gasteiger partial charge in [-0.3, -0.25) is 4.79 Å². The van der Waals surface area contributed by atoms with Crippen LogP contribution in [0.25, 0.3) is 0 Å². The zero-order valence-corrected chi connectivity index (χ0v) is 14.5. The lowest BCUT2D eigenvalue weighted by Crippen LogP contribution is -2.50. The minimum Gasteiger partial charge on any atom is -0.484 e. The van der Waals surface area contributed by atoms with Gasteiger partial charge in [-0.25, -0.2) is 12.9 Å². The highest BCUT2D eigenvalue weighted by molar-refractivity contribution is 7.82. The molecular weight excluding hydrogens is 343 g/mol. The van der Waals surface area contributed by atoms with Crippen molar-refractivity contribution < 1.29 is 18.1 Å². The van der Waals surface area contributed by atoms with Crippen LogP contribution in [0.5, 0.6) is 5.75 Å². The summed E-state index contributed by atoms with van der Waals surface area (Å²) in [6, 6.07) is 14.8. The molecule has 0 bridgehead atoms. The Bertz CT molecular complexity index is 732. The molecule has 0 aliphatic carbocycles. The number of rotatable bonds is 5. The van der Waals surface area contributed by atoms with Crippen molar-refractivity contribution in [3.8, 4) is 5.75 Å². The summed E-state index contributed by atoms with van der Waals surface area (Å²) in [5.74, 6) is 0.220. The third-order valence-corrected chi connectivity index (χ3v) is 5.46. The Hall–Kier alpha value is -2.25. The molecule has 1 aliphatic rings. The Morgan fingerprint density at radius 1 is 1.00 bits per heavy atom. The number of carbonyl (C=O) groups is 1. The van der Waals surface area contributed by atoms with Crippen LogP contribution >= 0.6 is 0 Å². The first-order chi connectivity index (χ1) is 12.1. The minimum atomic E-state index is -1.34. The lowest BCUT2D eigenvalue weighted by Gasteiger charge is -2.33. The molecule has 1 amide bonds. The number of nitrogens with zero attached hydrogens (tertiary/aromatic N) is 2. The third-order valence-electron chi connectivity index (χ3n) is 3.95. The number of para-hydroxylation sites is 1. The summed E-state index contributed by atoms with van der Waals surface area (Å²) in [5.41, 5.74) is 0. The fourth-order valence-corrected chi connectivity index (χ4v) is 3.72. The van der Waals surface area contributed by atoms with Crippen molar-refractivity contribution in [2.45, 2.75) is 4.90 Å². The standard InChI is InChI=1S/C18H19FN2O3S/c19-15-6-8-17(9-7-15)25(23)21-12-10-20(11-13-21)18(22)14-24-16-4-2-1-3-5-16/h1-9H,10-14H2. The highest BCUT2D eigenvalue weighted by atomic mass is 32.2. The maximum absolute atomic E-state index is 13.0. The highest BCUT2D eigenvalue weighted by Gasteiger charge is 2.25. The Kier molecular flexibility index (Phi) is 5.78. The second-order valence-electron chi connectivity index (χ2n) is 5.61.